The maximum atomic E-state index is 11.6. The molecule has 0 N–H and O–H groups in total. The molecule has 0 aromatic carbocycles. The number of hydrogen-bond donors (Lipinski definition) is 0. The Labute approximate surface area is 256 Å². The van der Waals surface area contributed by atoms with Gasteiger partial charge in [-0.2, -0.15) is 0 Å². The van der Waals surface area contributed by atoms with E-state index in [4.69, 9.17) is 18.9 Å². The van der Waals surface area contributed by atoms with Crippen LogP contribution in [0.5, 0.6) is 0 Å². The molecule has 0 aliphatic carbocycles. The third-order valence-electron chi connectivity index (χ3n) is 3.53. The van der Waals surface area contributed by atoms with Crippen LogP contribution < -0.4 is 12.4 Å². The molecule has 0 aromatic heterocycles. The normalized spacial score (nSPS) is 9.72. The number of allylic oxidation sites excluding steroid dienone is 9. The molecule has 0 unspecified atom stereocenters. The summed E-state index contributed by atoms with van der Waals surface area (Å²) in [5.41, 5.74) is -0.215. The van der Waals surface area contributed by atoms with Crippen LogP contribution in [0, 0.1) is 7.43 Å². The van der Waals surface area contributed by atoms with E-state index in [0.717, 1.165) is 0 Å². The largest absolute Gasteiger partial charge is 2.00 e. The summed E-state index contributed by atoms with van der Waals surface area (Å²) < 4.78 is 19.1. The molecule has 0 heterocycles. The standard InChI is InChI=1S/C14H21NO4.C13H18O4.CH3.ClH.Mg/c1-5-18-13(16)12(14(17)19-6-2)10-8-7-9-11-15(3)4;1-4-7-8-9-10-11(12(14)16-5-2)13(15)17-6-3;;;/h7-11H,5-6H2,1-4H3;4,7-10H,5-6H2,1-3H3;1H3;1H;/q;;-1;;+2/p-1/b8-7+,11-9+;7-4+,9-8+;;;. The van der Waals surface area contributed by atoms with Crippen molar-refractivity contribution in [3.8, 4) is 0 Å². The predicted molar refractivity (Wildman–Crippen MR) is 151 cm³/mol. The third-order valence-corrected chi connectivity index (χ3v) is 3.53. The minimum absolute atomic E-state index is 0. The molecule has 11 heteroatoms. The van der Waals surface area contributed by atoms with Gasteiger partial charge in [-0.1, -0.05) is 36.5 Å². The van der Waals surface area contributed by atoms with E-state index in [1.807, 2.05) is 38.2 Å². The second-order valence-corrected chi connectivity index (χ2v) is 6.64. The molecule has 0 radical (unpaired) electrons. The maximum absolute atomic E-state index is 11.6. The summed E-state index contributed by atoms with van der Waals surface area (Å²) >= 11 is 0. The number of esters is 4. The molecule has 0 aliphatic rings. The monoisotopic (exact) mass is 579 g/mol. The molecule has 0 amide bonds. The van der Waals surface area contributed by atoms with Crippen molar-refractivity contribution >= 4 is 46.9 Å². The first-order chi connectivity index (χ1) is 17.2. The van der Waals surface area contributed by atoms with Crippen LogP contribution in [0.3, 0.4) is 0 Å². The minimum atomic E-state index is -0.679. The maximum Gasteiger partial charge on any atom is 2.00 e. The van der Waals surface area contributed by atoms with Gasteiger partial charge in [0.2, 0.25) is 0 Å². The topological polar surface area (TPSA) is 108 Å². The quantitative estimate of drug-likeness (QED) is 0.0460. The van der Waals surface area contributed by atoms with Gasteiger partial charge in [0, 0.05) is 14.1 Å². The van der Waals surface area contributed by atoms with E-state index in [9.17, 15) is 19.2 Å². The van der Waals surface area contributed by atoms with Gasteiger partial charge in [0.15, 0.2) is 0 Å². The van der Waals surface area contributed by atoms with Crippen molar-refractivity contribution in [1.82, 2.24) is 4.90 Å². The molecule has 0 rings (SSSR count). The number of nitrogens with zero attached hydrogens (tertiary/aromatic N) is 1. The van der Waals surface area contributed by atoms with Crippen molar-refractivity contribution in [1.29, 1.82) is 0 Å². The summed E-state index contributed by atoms with van der Waals surface area (Å²) in [5.74, 6) is -2.70. The van der Waals surface area contributed by atoms with E-state index in [1.165, 1.54) is 12.2 Å². The summed E-state index contributed by atoms with van der Waals surface area (Å²) in [5, 5.41) is 0. The van der Waals surface area contributed by atoms with Gasteiger partial charge in [-0.05, 0) is 59.0 Å². The smallest absolute Gasteiger partial charge is 1.00 e. The Bertz CT molecular complexity index is 835. The Morgan fingerprint density at radius 3 is 1.15 bits per heavy atom. The molecule has 0 bridgehead atoms. The van der Waals surface area contributed by atoms with Gasteiger partial charge in [0.1, 0.15) is 11.1 Å². The number of carbonyl (C=O) groups is 4. The van der Waals surface area contributed by atoms with E-state index in [0.29, 0.717) is 0 Å². The van der Waals surface area contributed by atoms with Crippen LogP contribution in [0.15, 0.2) is 72.0 Å². The summed E-state index contributed by atoms with van der Waals surface area (Å²) in [6.07, 6.45) is 16.6. The molecule has 0 saturated carbocycles. The van der Waals surface area contributed by atoms with Crippen molar-refractivity contribution in [3.05, 3.63) is 79.5 Å². The van der Waals surface area contributed by atoms with Crippen LogP contribution in [0.25, 0.3) is 0 Å². The first-order valence-corrected chi connectivity index (χ1v) is 11.6. The minimum Gasteiger partial charge on any atom is -1.00 e. The Hall–Kier alpha value is -2.82. The molecule has 0 aliphatic heterocycles. The van der Waals surface area contributed by atoms with E-state index in [2.05, 4.69) is 0 Å². The zero-order valence-corrected chi connectivity index (χ0v) is 26.6. The molecule has 0 spiro atoms. The van der Waals surface area contributed by atoms with Gasteiger partial charge in [-0.15, -0.1) is 0 Å². The van der Waals surface area contributed by atoms with Crippen molar-refractivity contribution < 1.29 is 50.5 Å². The van der Waals surface area contributed by atoms with Crippen molar-refractivity contribution in [2.75, 3.05) is 40.5 Å². The number of rotatable bonds is 13. The van der Waals surface area contributed by atoms with Crippen LogP contribution in [0.4, 0.5) is 0 Å². The summed E-state index contributed by atoms with van der Waals surface area (Å²) in [4.78, 5) is 48.0. The van der Waals surface area contributed by atoms with E-state index in [-0.39, 0.29) is 80.5 Å². The average molecular weight is 580 g/mol. The number of carbonyl (C=O) groups excluding carboxylic acids is 4. The fourth-order valence-corrected chi connectivity index (χ4v) is 2.04. The third kappa shape index (κ3) is 25.2. The number of halogens is 1. The zero-order chi connectivity index (χ0) is 27.8. The van der Waals surface area contributed by atoms with Crippen LogP contribution in [0.1, 0.15) is 34.6 Å². The van der Waals surface area contributed by atoms with Crippen LogP contribution in [-0.2, 0) is 38.1 Å². The van der Waals surface area contributed by atoms with E-state index >= 15 is 0 Å². The molecule has 216 valence electrons. The Kier molecular flexibility index (Phi) is 37.1. The van der Waals surface area contributed by atoms with Crippen LogP contribution in [-0.4, -0.2) is 92.4 Å². The second-order valence-electron chi connectivity index (χ2n) is 6.64. The Balaban J connectivity index is -0.000000184. The molecule has 0 saturated heterocycles. The molecule has 0 aromatic rings. The molecule has 0 fully saturated rings. The SMILES string of the molecule is C/C=C/C=C/C=C(C(=O)OCC)C(=O)OCC.CCOC(=O)C(=C/C=C/C=C/N(C)C)C(=O)OCC.[CH3-].[Cl-].[Mg+2]. The van der Waals surface area contributed by atoms with Gasteiger partial charge in [0.05, 0.1) is 26.4 Å². The van der Waals surface area contributed by atoms with E-state index in [1.54, 1.807) is 64.2 Å². The summed E-state index contributed by atoms with van der Waals surface area (Å²) in [6, 6.07) is 0. The first kappa shape index (κ1) is 46.1. The zero-order valence-electron chi connectivity index (χ0n) is 24.4. The number of hydrogen-bond acceptors (Lipinski definition) is 9. The Morgan fingerprint density at radius 2 is 0.897 bits per heavy atom. The second kappa shape index (κ2) is 31.4. The van der Waals surface area contributed by atoms with Crippen LogP contribution in [0.2, 0.25) is 0 Å². The molecule has 39 heavy (non-hydrogen) atoms. The van der Waals surface area contributed by atoms with Gasteiger partial charge >= 0.3 is 46.9 Å². The summed E-state index contributed by atoms with van der Waals surface area (Å²) in [7, 11) is 3.78. The average Bonchev–Trinajstić information content (AvgIpc) is 2.82. The summed E-state index contributed by atoms with van der Waals surface area (Å²) in [6.45, 7) is 9.42. The molecular weight excluding hydrogens is 538 g/mol. The van der Waals surface area contributed by atoms with Crippen LogP contribution >= 0.6 is 0 Å². The van der Waals surface area contributed by atoms with E-state index < -0.39 is 23.9 Å². The van der Waals surface area contributed by atoms with Gasteiger partial charge in [-0.25, -0.2) is 19.2 Å². The first-order valence-electron chi connectivity index (χ1n) is 11.6. The molecular formula is C28H42ClMgNO8. The molecule has 0 atom stereocenters. The van der Waals surface area contributed by atoms with Crippen molar-refractivity contribution in [2.45, 2.75) is 34.6 Å². The fraction of sp³-hybridized carbons (Fsp3) is 0.393. The fourth-order valence-electron chi connectivity index (χ4n) is 2.04. The molecule has 9 nitrogen and oxygen atoms in total. The number of ether oxygens (including phenoxy) is 4. The van der Waals surface area contributed by atoms with Gasteiger partial charge in [0.25, 0.3) is 0 Å². The van der Waals surface area contributed by atoms with Gasteiger partial charge in [-0.3, -0.25) is 0 Å². The predicted octanol–water partition coefficient (Wildman–Crippen LogP) is 0.915. The van der Waals surface area contributed by atoms with Crippen molar-refractivity contribution in [3.63, 3.8) is 0 Å². The van der Waals surface area contributed by atoms with Gasteiger partial charge < -0.3 is 43.7 Å². The Morgan fingerprint density at radius 1 is 0.590 bits per heavy atom. The van der Waals surface area contributed by atoms with Crippen molar-refractivity contribution in [2.24, 2.45) is 0 Å².